The molecule has 0 amide bonds. The predicted molar refractivity (Wildman–Crippen MR) is 99.9 cm³/mol. The van der Waals surface area contributed by atoms with Gasteiger partial charge in [0, 0.05) is 43.9 Å². The zero-order chi connectivity index (χ0) is 17.8. The number of rotatable bonds is 4. The molecule has 2 aliphatic rings. The molecule has 2 fully saturated rings. The van der Waals surface area contributed by atoms with Crippen molar-refractivity contribution in [3.63, 3.8) is 0 Å². The molecule has 1 aromatic rings. The first-order valence-corrected chi connectivity index (χ1v) is 9.02. The summed E-state index contributed by atoms with van der Waals surface area (Å²) in [5.74, 6) is -0.976. The summed E-state index contributed by atoms with van der Waals surface area (Å²) in [5, 5.41) is 3.64. The van der Waals surface area contributed by atoms with Crippen LogP contribution in [0.5, 0.6) is 0 Å². The van der Waals surface area contributed by atoms with Gasteiger partial charge in [0.25, 0.3) is 0 Å². The third-order valence-electron chi connectivity index (χ3n) is 4.94. The largest absolute Gasteiger partial charge is 0.375 e. The van der Waals surface area contributed by atoms with E-state index in [2.05, 4.69) is 27.6 Å². The van der Waals surface area contributed by atoms with Gasteiger partial charge < -0.3 is 10.6 Å². The molecule has 1 aliphatic carbocycles. The van der Waals surface area contributed by atoms with Gasteiger partial charge in [0.1, 0.15) is 11.6 Å². The van der Waals surface area contributed by atoms with Gasteiger partial charge in [-0.2, -0.15) is 5.10 Å². The maximum Gasteiger partial charge on any atom is 0.184 e. The molecule has 0 atom stereocenters. The van der Waals surface area contributed by atoms with E-state index >= 15 is 0 Å². The summed E-state index contributed by atoms with van der Waals surface area (Å²) in [7, 11) is 0. The van der Waals surface area contributed by atoms with Crippen molar-refractivity contribution >= 4 is 29.2 Å². The minimum Gasteiger partial charge on any atom is -0.375 e. The Morgan fingerprint density at radius 3 is 2.48 bits per heavy atom. The zero-order valence-electron chi connectivity index (χ0n) is 14.0. The smallest absolute Gasteiger partial charge is 0.184 e. The molecule has 0 unspecified atom stereocenters. The van der Waals surface area contributed by atoms with Gasteiger partial charge in [-0.05, 0) is 31.1 Å². The van der Waals surface area contributed by atoms with Gasteiger partial charge in [-0.3, -0.25) is 10.3 Å². The average molecular weight is 367 g/mol. The lowest BCUT2D eigenvalue weighted by molar-refractivity contribution is 0.187. The van der Waals surface area contributed by atoms with E-state index in [1.807, 2.05) is 4.90 Å². The number of nitrogens with two attached hydrogens (primary N) is 1. The van der Waals surface area contributed by atoms with Crippen LogP contribution in [0.2, 0.25) is 0 Å². The molecule has 25 heavy (non-hydrogen) atoms. The van der Waals surface area contributed by atoms with E-state index in [-0.39, 0.29) is 10.7 Å². The van der Waals surface area contributed by atoms with Crippen LogP contribution in [-0.4, -0.2) is 48.4 Å². The first-order valence-electron chi connectivity index (χ1n) is 8.61. The second-order valence-electron chi connectivity index (χ2n) is 6.52. The summed E-state index contributed by atoms with van der Waals surface area (Å²) in [6, 6.07) is 3.06. The molecule has 1 aromatic carbocycles. The number of nitrogens with zero attached hydrogens (tertiary/aromatic N) is 3. The summed E-state index contributed by atoms with van der Waals surface area (Å²) >= 11 is 4.60. The Hall–Kier alpha value is -1.80. The van der Waals surface area contributed by atoms with Gasteiger partial charge >= 0.3 is 0 Å². The lowest BCUT2D eigenvalue weighted by Crippen LogP contribution is -2.50. The standard InChI is InChI=1S/C17H23F2N5S/c18-14-10-16(15(19)9-12(14)11-21-22-17(20)25)24-7-5-23(6-8-24)13-3-1-2-4-13/h9-11,13H,1-8H2,(H3,20,22,25). The quantitative estimate of drug-likeness (QED) is 0.485. The molecule has 1 aliphatic heterocycles. The van der Waals surface area contributed by atoms with Crippen molar-refractivity contribution in [1.29, 1.82) is 0 Å². The maximum atomic E-state index is 14.4. The molecular formula is C17H23F2N5S. The van der Waals surface area contributed by atoms with Crippen molar-refractivity contribution in [3.8, 4) is 0 Å². The molecule has 136 valence electrons. The summed E-state index contributed by atoms with van der Waals surface area (Å²) < 4.78 is 28.7. The second kappa shape index (κ2) is 8.05. The minimum atomic E-state index is -0.525. The van der Waals surface area contributed by atoms with Gasteiger partial charge in [-0.25, -0.2) is 8.78 Å². The van der Waals surface area contributed by atoms with Crippen molar-refractivity contribution in [2.24, 2.45) is 10.8 Å². The SMILES string of the molecule is NC(=S)NN=Cc1cc(F)c(N2CCN(C3CCCC3)CC2)cc1F. The van der Waals surface area contributed by atoms with Crippen LogP contribution in [0.3, 0.4) is 0 Å². The van der Waals surface area contributed by atoms with E-state index in [1.165, 1.54) is 38.0 Å². The molecule has 0 spiro atoms. The van der Waals surface area contributed by atoms with Crippen LogP contribution in [0.25, 0.3) is 0 Å². The Labute approximate surface area is 151 Å². The third-order valence-corrected chi connectivity index (χ3v) is 5.03. The number of benzene rings is 1. The number of halogens is 2. The Bertz CT molecular complexity index is 653. The van der Waals surface area contributed by atoms with Crippen LogP contribution in [0.15, 0.2) is 17.2 Å². The monoisotopic (exact) mass is 367 g/mol. The molecule has 1 heterocycles. The molecule has 0 aromatic heterocycles. The van der Waals surface area contributed by atoms with E-state index in [1.54, 1.807) is 0 Å². The molecule has 5 nitrogen and oxygen atoms in total. The van der Waals surface area contributed by atoms with Gasteiger partial charge in [-0.1, -0.05) is 12.8 Å². The Morgan fingerprint density at radius 1 is 1.16 bits per heavy atom. The highest BCUT2D eigenvalue weighted by Crippen LogP contribution is 2.27. The van der Waals surface area contributed by atoms with Gasteiger partial charge in [0.05, 0.1) is 11.9 Å². The fraction of sp³-hybridized carbons (Fsp3) is 0.529. The number of nitrogens with one attached hydrogen (secondary N) is 1. The fourth-order valence-corrected chi connectivity index (χ4v) is 3.71. The Balaban J connectivity index is 1.65. The third kappa shape index (κ3) is 4.43. The number of hydrazone groups is 1. The Morgan fingerprint density at radius 2 is 1.84 bits per heavy atom. The van der Waals surface area contributed by atoms with Gasteiger partial charge in [0.2, 0.25) is 0 Å². The van der Waals surface area contributed by atoms with Crippen molar-refractivity contribution in [1.82, 2.24) is 10.3 Å². The van der Waals surface area contributed by atoms with Crippen molar-refractivity contribution < 1.29 is 8.78 Å². The number of anilines is 1. The van der Waals surface area contributed by atoms with Crippen molar-refractivity contribution in [2.75, 3.05) is 31.1 Å². The first kappa shape index (κ1) is 18.0. The highest BCUT2D eigenvalue weighted by atomic mass is 32.1. The van der Waals surface area contributed by atoms with E-state index in [0.29, 0.717) is 24.8 Å². The van der Waals surface area contributed by atoms with Gasteiger partial charge in [-0.15, -0.1) is 0 Å². The number of thiocarbonyl (C=S) groups is 1. The number of hydrogen-bond acceptors (Lipinski definition) is 4. The van der Waals surface area contributed by atoms with E-state index in [9.17, 15) is 8.78 Å². The Kier molecular flexibility index (Phi) is 5.80. The van der Waals surface area contributed by atoms with Crippen LogP contribution in [0, 0.1) is 11.6 Å². The van der Waals surface area contributed by atoms with Crippen LogP contribution < -0.4 is 16.1 Å². The second-order valence-corrected chi connectivity index (χ2v) is 6.96. The average Bonchev–Trinajstić information content (AvgIpc) is 3.12. The van der Waals surface area contributed by atoms with Crippen LogP contribution >= 0.6 is 12.2 Å². The van der Waals surface area contributed by atoms with E-state index in [4.69, 9.17) is 5.73 Å². The normalized spacial score (nSPS) is 19.7. The molecule has 0 radical (unpaired) electrons. The number of hydrogen-bond donors (Lipinski definition) is 2. The zero-order valence-corrected chi connectivity index (χ0v) is 14.9. The highest BCUT2D eigenvalue weighted by Gasteiger charge is 2.27. The first-order chi connectivity index (χ1) is 12.0. The van der Waals surface area contributed by atoms with Crippen LogP contribution in [0.1, 0.15) is 31.2 Å². The van der Waals surface area contributed by atoms with E-state index in [0.717, 1.165) is 19.2 Å². The molecule has 8 heteroatoms. The summed E-state index contributed by atoms with van der Waals surface area (Å²) in [6.45, 7) is 3.21. The maximum absolute atomic E-state index is 14.4. The molecule has 1 saturated heterocycles. The molecular weight excluding hydrogens is 344 g/mol. The molecule has 0 bridgehead atoms. The molecule has 3 N–H and O–H groups in total. The lowest BCUT2D eigenvalue weighted by atomic mass is 10.1. The summed E-state index contributed by atoms with van der Waals surface area (Å²) in [6.07, 6.45) is 6.29. The topological polar surface area (TPSA) is 56.9 Å². The van der Waals surface area contributed by atoms with Crippen molar-refractivity contribution in [2.45, 2.75) is 31.7 Å². The molecule has 3 rings (SSSR count). The van der Waals surface area contributed by atoms with Crippen LogP contribution in [0.4, 0.5) is 14.5 Å². The lowest BCUT2D eigenvalue weighted by Gasteiger charge is -2.39. The predicted octanol–water partition coefficient (Wildman–Crippen LogP) is 2.20. The molecule has 1 saturated carbocycles. The van der Waals surface area contributed by atoms with Crippen molar-refractivity contribution in [3.05, 3.63) is 29.3 Å². The van der Waals surface area contributed by atoms with E-state index < -0.39 is 11.6 Å². The van der Waals surface area contributed by atoms with Gasteiger partial charge in [0.15, 0.2) is 5.11 Å². The summed E-state index contributed by atoms with van der Waals surface area (Å²) in [4.78, 5) is 4.40. The number of piperazine rings is 1. The highest BCUT2D eigenvalue weighted by molar-refractivity contribution is 7.80. The minimum absolute atomic E-state index is 0.0334. The van der Waals surface area contributed by atoms with Crippen LogP contribution in [-0.2, 0) is 0 Å². The fourth-order valence-electron chi connectivity index (χ4n) is 3.66. The summed E-state index contributed by atoms with van der Waals surface area (Å²) in [5.41, 5.74) is 7.91.